The molecule has 4 nitrogen and oxygen atoms in total. The van der Waals surface area contributed by atoms with Gasteiger partial charge in [-0.15, -0.1) is 0 Å². The number of ether oxygens (including phenoxy) is 1. The van der Waals surface area contributed by atoms with Gasteiger partial charge in [-0.25, -0.2) is 13.8 Å². The van der Waals surface area contributed by atoms with Gasteiger partial charge in [0.15, 0.2) is 5.84 Å². The van der Waals surface area contributed by atoms with E-state index in [2.05, 4.69) is 15.5 Å². The van der Waals surface area contributed by atoms with Crippen LogP contribution in [0.5, 0.6) is 5.75 Å². The molecule has 4 aromatic rings. The number of amidine groups is 1. The second-order valence-corrected chi connectivity index (χ2v) is 7.51. The van der Waals surface area contributed by atoms with Crippen LogP contribution in [0.2, 0.25) is 0 Å². The summed E-state index contributed by atoms with van der Waals surface area (Å²) in [5, 5.41) is 4.54. The van der Waals surface area contributed by atoms with Crippen LogP contribution in [-0.4, -0.2) is 18.7 Å². The second kappa shape index (κ2) is 8.67. The lowest BCUT2D eigenvalue weighted by Crippen LogP contribution is -2.19. The van der Waals surface area contributed by atoms with Crippen molar-refractivity contribution in [2.24, 2.45) is 10.1 Å². The summed E-state index contributed by atoms with van der Waals surface area (Å²) < 4.78 is 32.7. The summed E-state index contributed by atoms with van der Waals surface area (Å²) in [4.78, 5) is 4.63. The molecule has 0 unspecified atom stereocenters. The van der Waals surface area contributed by atoms with Crippen molar-refractivity contribution in [3.8, 4) is 16.9 Å². The number of hydrazone groups is 1. The summed E-state index contributed by atoms with van der Waals surface area (Å²) in [6.07, 6.45) is 0. The Kier molecular flexibility index (Phi) is 5.40. The Bertz CT molecular complexity index is 1360. The highest BCUT2D eigenvalue weighted by Crippen LogP contribution is 2.28. The van der Waals surface area contributed by atoms with E-state index < -0.39 is 0 Å². The average molecular weight is 439 g/mol. The standard InChI is InChI=1S/C27H19F2N3O/c1-33-23-13-8-18(9-14-23)17-2-4-19(5-3-17)26-24-16-22(29)12-15-25(24)30-27(32-31-26)20-6-10-21(28)11-7-20/h2-16H,1H3,(H,30,32). The Balaban J connectivity index is 1.53. The van der Waals surface area contributed by atoms with Crippen LogP contribution in [0, 0.1) is 11.6 Å². The third-order valence-corrected chi connectivity index (χ3v) is 5.42. The fraction of sp³-hybridized carbons (Fsp3) is 0.0370. The fourth-order valence-electron chi connectivity index (χ4n) is 3.67. The van der Waals surface area contributed by atoms with Gasteiger partial charge in [0.25, 0.3) is 0 Å². The molecule has 6 heteroatoms. The highest BCUT2D eigenvalue weighted by Gasteiger charge is 2.18. The third-order valence-electron chi connectivity index (χ3n) is 5.42. The summed E-state index contributed by atoms with van der Waals surface area (Å²) in [7, 11) is 1.64. The zero-order valence-corrected chi connectivity index (χ0v) is 17.7. The smallest absolute Gasteiger partial charge is 0.154 e. The van der Waals surface area contributed by atoms with Gasteiger partial charge in [-0.3, -0.25) is 5.43 Å². The van der Waals surface area contributed by atoms with E-state index in [1.54, 1.807) is 25.3 Å². The van der Waals surface area contributed by atoms with Gasteiger partial charge in [-0.05, 0) is 65.7 Å². The molecule has 33 heavy (non-hydrogen) atoms. The van der Waals surface area contributed by atoms with Crippen LogP contribution >= 0.6 is 0 Å². The van der Waals surface area contributed by atoms with Gasteiger partial charge in [0, 0.05) is 16.7 Å². The number of halogens is 2. The van der Waals surface area contributed by atoms with Gasteiger partial charge in [0.1, 0.15) is 23.1 Å². The van der Waals surface area contributed by atoms with Crippen molar-refractivity contribution in [2.45, 2.75) is 0 Å². The first kappa shape index (κ1) is 20.6. The van der Waals surface area contributed by atoms with Crippen molar-refractivity contribution in [1.29, 1.82) is 0 Å². The van der Waals surface area contributed by atoms with Gasteiger partial charge in [0.2, 0.25) is 0 Å². The number of hydrogen-bond donors (Lipinski definition) is 1. The number of hydrogen-bond acceptors (Lipinski definition) is 4. The molecule has 1 aliphatic heterocycles. The van der Waals surface area contributed by atoms with Crippen molar-refractivity contribution in [1.82, 2.24) is 5.43 Å². The molecule has 0 saturated carbocycles. The van der Waals surface area contributed by atoms with E-state index in [0.717, 1.165) is 22.4 Å². The molecule has 1 heterocycles. The first-order valence-electron chi connectivity index (χ1n) is 10.3. The normalized spacial score (nSPS) is 12.7. The van der Waals surface area contributed by atoms with Gasteiger partial charge < -0.3 is 4.74 Å². The molecule has 4 aromatic carbocycles. The quantitative estimate of drug-likeness (QED) is 0.419. The Morgan fingerprint density at radius 3 is 1.91 bits per heavy atom. The minimum Gasteiger partial charge on any atom is -0.497 e. The molecule has 0 aliphatic carbocycles. The van der Waals surface area contributed by atoms with E-state index in [4.69, 9.17) is 4.74 Å². The van der Waals surface area contributed by atoms with Crippen molar-refractivity contribution < 1.29 is 13.5 Å². The molecule has 1 aliphatic rings. The predicted octanol–water partition coefficient (Wildman–Crippen LogP) is 6.07. The van der Waals surface area contributed by atoms with E-state index in [0.29, 0.717) is 28.4 Å². The number of nitrogens with zero attached hydrogens (tertiary/aromatic N) is 2. The minimum absolute atomic E-state index is 0.336. The maximum absolute atomic E-state index is 14.2. The average Bonchev–Trinajstić information content (AvgIpc) is 3.04. The molecule has 0 saturated heterocycles. The SMILES string of the molecule is COc1ccc(-c2ccc(C3=NNC(c4ccc(F)cc4)=Nc4ccc(F)cc43)cc2)cc1. The van der Waals surface area contributed by atoms with Gasteiger partial charge in [-0.2, -0.15) is 5.10 Å². The molecule has 162 valence electrons. The molecule has 0 spiro atoms. The van der Waals surface area contributed by atoms with E-state index >= 15 is 0 Å². The maximum Gasteiger partial charge on any atom is 0.154 e. The number of fused-ring (bicyclic) bond motifs is 1. The minimum atomic E-state index is -0.378. The van der Waals surface area contributed by atoms with E-state index in [1.807, 2.05) is 48.5 Å². The van der Waals surface area contributed by atoms with Crippen molar-refractivity contribution in [3.05, 3.63) is 119 Å². The highest BCUT2D eigenvalue weighted by atomic mass is 19.1. The number of aliphatic imine (C=N–C) groups is 1. The van der Waals surface area contributed by atoms with Crippen molar-refractivity contribution in [2.75, 3.05) is 7.11 Å². The number of benzene rings is 4. The van der Waals surface area contributed by atoms with Gasteiger partial charge >= 0.3 is 0 Å². The van der Waals surface area contributed by atoms with Crippen molar-refractivity contribution >= 4 is 17.2 Å². The second-order valence-electron chi connectivity index (χ2n) is 7.51. The van der Waals surface area contributed by atoms with Crippen molar-refractivity contribution in [3.63, 3.8) is 0 Å². The molecule has 0 radical (unpaired) electrons. The van der Waals surface area contributed by atoms with Crippen LogP contribution in [0.15, 0.2) is 101 Å². The molecule has 1 N–H and O–H groups in total. The van der Waals surface area contributed by atoms with E-state index in [1.165, 1.54) is 24.3 Å². The van der Waals surface area contributed by atoms with Crippen LogP contribution in [-0.2, 0) is 0 Å². The largest absolute Gasteiger partial charge is 0.497 e. The van der Waals surface area contributed by atoms with Crippen LogP contribution < -0.4 is 10.2 Å². The zero-order chi connectivity index (χ0) is 22.8. The van der Waals surface area contributed by atoms with Crippen LogP contribution in [0.1, 0.15) is 16.7 Å². The molecule has 5 rings (SSSR count). The monoisotopic (exact) mass is 439 g/mol. The Morgan fingerprint density at radius 2 is 1.24 bits per heavy atom. The fourth-order valence-corrected chi connectivity index (χ4v) is 3.67. The Labute approximate surface area is 189 Å². The predicted molar refractivity (Wildman–Crippen MR) is 126 cm³/mol. The summed E-state index contributed by atoms with van der Waals surface area (Å²) in [6.45, 7) is 0. The van der Waals surface area contributed by atoms with E-state index in [-0.39, 0.29) is 11.6 Å². The van der Waals surface area contributed by atoms with E-state index in [9.17, 15) is 8.78 Å². The highest BCUT2D eigenvalue weighted by molar-refractivity contribution is 6.18. The van der Waals surface area contributed by atoms with Gasteiger partial charge in [-0.1, -0.05) is 36.4 Å². The molecule has 0 bridgehead atoms. The lowest BCUT2D eigenvalue weighted by molar-refractivity contribution is 0.415. The Morgan fingerprint density at radius 1 is 0.667 bits per heavy atom. The zero-order valence-electron chi connectivity index (χ0n) is 17.7. The summed E-state index contributed by atoms with van der Waals surface area (Å²) in [6, 6.07) is 26.0. The lowest BCUT2D eigenvalue weighted by atomic mass is 9.97. The lowest BCUT2D eigenvalue weighted by Gasteiger charge is -2.09. The molecule has 0 amide bonds. The number of rotatable bonds is 4. The first-order valence-corrected chi connectivity index (χ1v) is 10.3. The summed E-state index contributed by atoms with van der Waals surface area (Å²) >= 11 is 0. The summed E-state index contributed by atoms with van der Waals surface area (Å²) in [5.74, 6) is 0.533. The summed E-state index contributed by atoms with van der Waals surface area (Å²) in [5.41, 5.74) is 8.23. The third kappa shape index (κ3) is 4.23. The van der Waals surface area contributed by atoms with Crippen LogP contribution in [0.4, 0.5) is 14.5 Å². The molecular weight excluding hydrogens is 420 g/mol. The molecule has 0 aromatic heterocycles. The van der Waals surface area contributed by atoms with Gasteiger partial charge in [0.05, 0.1) is 12.8 Å². The molecule has 0 fully saturated rings. The van der Waals surface area contributed by atoms with Crippen LogP contribution in [0.25, 0.3) is 11.1 Å². The molecule has 0 atom stereocenters. The molecular formula is C27H19F2N3O. The number of nitrogens with one attached hydrogen (secondary N) is 1. The first-order chi connectivity index (χ1) is 16.1. The topological polar surface area (TPSA) is 46.0 Å². The Hall–Kier alpha value is -4.32. The number of methoxy groups -OCH3 is 1. The van der Waals surface area contributed by atoms with Crippen LogP contribution in [0.3, 0.4) is 0 Å². The maximum atomic E-state index is 14.2.